The Morgan fingerprint density at radius 3 is 2.00 bits per heavy atom. The highest BCUT2D eigenvalue weighted by molar-refractivity contribution is 6.78. The van der Waals surface area contributed by atoms with Crippen molar-refractivity contribution in [3.8, 4) is 5.75 Å². The van der Waals surface area contributed by atoms with Crippen LogP contribution in [0.3, 0.4) is 0 Å². The lowest BCUT2D eigenvalue weighted by molar-refractivity contribution is -0.142. The molecule has 0 aliphatic carbocycles. The van der Waals surface area contributed by atoms with Crippen molar-refractivity contribution in [3.05, 3.63) is 78.0 Å². The fourth-order valence-electron chi connectivity index (χ4n) is 7.43. The van der Waals surface area contributed by atoms with Gasteiger partial charge in [0.05, 0.1) is 12.5 Å². The van der Waals surface area contributed by atoms with Crippen molar-refractivity contribution in [2.75, 3.05) is 7.05 Å². The number of carboxylic acids is 1. The van der Waals surface area contributed by atoms with Crippen LogP contribution in [0.25, 0.3) is 10.9 Å². The number of hydrogen-bond donors (Lipinski definition) is 4. The van der Waals surface area contributed by atoms with Gasteiger partial charge in [0.15, 0.2) is 0 Å². The van der Waals surface area contributed by atoms with Crippen molar-refractivity contribution in [3.63, 3.8) is 0 Å². The van der Waals surface area contributed by atoms with E-state index in [9.17, 15) is 24.3 Å². The van der Waals surface area contributed by atoms with E-state index in [0.29, 0.717) is 28.6 Å². The summed E-state index contributed by atoms with van der Waals surface area (Å²) >= 11 is 0. The van der Waals surface area contributed by atoms with Gasteiger partial charge in [-0.25, -0.2) is 0 Å². The Morgan fingerprint density at radius 1 is 0.863 bits per heavy atom. The van der Waals surface area contributed by atoms with Gasteiger partial charge in [0.1, 0.15) is 17.8 Å². The van der Waals surface area contributed by atoms with Crippen LogP contribution in [0.15, 0.2) is 66.9 Å². The average Bonchev–Trinajstić information content (AvgIpc) is 3.46. The summed E-state index contributed by atoms with van der Waals surface area (Å²) in [7, 11) is -0.687. The first kappa shape index (κ1) is 41.0. The van der Waals surface area contributed by atoms with Gasteiger partial charge in [-0.15, -0.1) is 6.58 Å². The number of rotatable bonds is 18. The van der Waals surface area contributed by atoms with Crippen molar-refractivity contribution in [2.24, 2.45) is 5.92 Å². The first-order valence-electron chi connectivity index (χ1n) is 18.0. The number of amides is 3. The van der Waals surface area contributed by atoms with Crippen molar-refractivity contribution < 1.29 is 28.7 Å². The van der Waals surface area contributed by atoms with Gasteiger partial charge in [-0.05, 0) is 66.2 Å². The Bertz CT molecular complexity index is 1660. The Balaban J connectivity index is 1.93. The molecule has 11 heteroatoms. The summed E-state index contributed by atoms with van der Waals surface area (Å²) in [6.45, 7) is 22.4. The van der Waals surface area contributed by atoms with Gasteiger partial charge in [0.25, 0.3) is 8.32 Å². The maximum absolute atomic E-state index is 14.2. The zero-order valence-electron chi connectivity index (χ0n) is 32.0. The minimum Gasteiger partial charge on any atom is -0.543 e. The SMILES string of the molecule is C=C(C)C[C@H](C)C(=O)N[C@@H](C)C(=O)N(C)[C@H](Cc1c[nH]c2ccccc12)C(=O)N[C@H](CC(=O)O)c1ccc(O[Si](C(C)C)(C(C)C)C(C)C)cc1. The van der Waals surface area contributed by atoms with E-state index in [1.807, 2.05) is 49.5 Å². The molecule has 0 fully saturated rings. The predicted molar refractivity (Wildman–Crippen MR) is 206 cm³/mol. The van der Waals surface area contributed by atoms with E-state index in [2.05, 4.69) is 63.7 Å². The molecule has 4 N–H and O–H groups in total. The number of nitrogens with zero attached hydrogens (tertiary/aromatic N) is 1. The number of H-pyrrole nitrogens is 1. The molecule has 3 rings (SSSR count). The molecule has 0 radical (unpaired) electrons. The van der Waals surface area contributed by atoms with Crippen molar-refractivity contribution >= 4 is 42.9 Å². The summed E-state index contributed by atoms with van der Waals surface area (Å²) in [5.41, 5.74) is 4.30. The molecule has 0 saturated heterocycles. The number of fused-ring (bicyclic) bond motifs is 1. The third-order valence-electron chi connectivity index (χ3n) is 10.0. The number of aromatic nitrogens is 1. The molecule has 10 nitrogen and oxygen atoms in total. The van der Waals surface area contributed by atoms with E-state index in [0.717, 1.165) is 27.8 Å². The van der Waals surface area contributed by atoms with E-state index in [4.69, 9.17) is 4.43 Å². The first-order valence-corrected chi connectivity index (χ1v) is 20.1. The molecular formula is C40H58N4O6Si. The second-order valence-corrected chi connectivity index (χ2v) is 20.3. The van der Waals surface area contributed by atoms with Crippen LogP contribution >= 0.6 is 0 Å². The van der Waals surface area contributed by atoms with Crippen LogP contribution in [0.5, 0.6) is 5.75 Å². The normalized spacial score (nSPS) is 14.2. The topological polar surface area (TPSA) is 141 Å². The van der Waals surface area contributed by atoms with Gasteiger partial charge >= 0.3 is 5.97 Å². The molecule has 4 atom stereocenters. The summed E-state index contributed by atoms with van der Waals surface area (Å²) < 4.78 is 6.81. The van der Waals surface area contributed by atoms with E-state index < -0.39 is 44.2 Å². The minimum absolute atomic E-state index is 0.156. The maximum atomic E-state index is 14.2. The molecule has 1 aromatic heterocycles. The predicted octanol–water partition coefficient (Wildman–Crippen LogP) is 7.53. The van der Waals surface area contributed by atoms with Crippen LogP contribution in [-0.2, 0) is 25.6 Å². The molecule has 278 valence electrons. The molecule has 51 heavy (non-hydrogen) atoms. The highest BCUT2D eigenvalue weighted by Crippen LogP contribution is 2.43. The Labute approximate surface area is 304 Å². The standard InChI is InChI=1S/C40H58N4O6Si/c1-24(2)20-28(9)38(47)42-29(10)40(49)44(11)36(21-31-23-41-34-15-13-12-14-33(31)34)39(48)43-35(22-37(45)46)30-16-18-32(19-17-30)50-51(25(3)4,26(5)6)27(7)8/h12-19,23,25-29,35-36,41H,1,20-22H2,2-11H3,(H,42,47)(H,43,48)(H,45,46)/t28-,29-,35+,36+/m0/s1. The van der Waals surface area contributed by atoms with Crippen LogP contribution in [0.4, 0.5) is 0 Å². The number of carbonyl (C=O) groups is 4. The Morgan fingerprint density at radius 2 is 1.45 bits per heavy atom. The first-order chi connectivity index (χ1) is 23.9. The van der Waals surface area contributed by atoms with E-state index >= 15 is 0 Å². The molecule has 0 unspecified atom stereocenters. The number of carboxylic acid groups (broad SMARTS) is 1. The Kier molecular flexibility index (Phi) is 14.2. The lowest BCUT2D eigenvalue weighted by Gasteiger charge is -2.42. The van der Waals surface area contributed by atoms with Gasteiger partial charge in [-0.1, -0.05) is 84.4 Å². The van der Waals surface area contributed by atoms with Gasteiger partial charge in [0.2, 0.25) is 17.7 Å². The molecule has 1 heterocycles. The van der Waals surface area contributed by atoms with E-state index in [-0.39, 0.29) is 24.7 Å². The largest absolute Gasteiger partial charge is 0.543 e. The second-order valence-electron chi connectivity index (χ2n) is 15.0. The zero-order valence-corrected chi connectivity index (χ0v) is 33.0. The number of carbonyl (C=O) groups excluding carboxylic acids is 3. The summed E-state index contributed by atoms with van der Waals surface area (Å²) in [4.78, 5) is 57.6. The number of aromatic amines is 1. The number of para-hydroxylation sites is 1. The van der Waals surface area contributed by atoms with Crippen molar-refractivity contribution in [1.82, 2.24) is 20.5 Å². The molecule has 0 bridgehead atoms. The van der Waals surface area contributed by atoms with Crippen molar-refractivity contribution in [1.29, 1.82) is 0 Å². The van der Waals surface area contributed by atoms with E-state index in [1.54, 1.807) is 26.0 Å². The average molecular weight is 719 g/mol. The highest BCUT2D eigenvalue weighted by Gasteiger charge is 2.47. The Hall–Kier alpha value is -4.38. The molecule has 0 aliphatic rings. The molecule has 3 amide bonds. The number of hydrogen-bond acceptors (Lipinski definition) is 5. The fraction of sp³-hybridized carbons (Fsp3) is 0.500. The third kappa shape index (κ3) is 10.1. The monoisotopic (exact) mass is 718 g/mol. The molecule has 2 aromatic carbocycles. The number of nitrogens with one attached hydrogen (secondary N) is 3. The lowest BCUT2D eigenvalue weighted by atomic mass is 9.99. The van der Waals surface area contributed by atoms with Gasteiger partial charge < -0.3 is 30.0 Å². The van der Waals surface area contributed by atoms with E-state index in [1.165, 1.54) is 11.9 Å². The van der Waals surface area contributed by atoms with Crippen molar-refractivity contribution in [2.45, 2.75) is 116 Å². The molecule has 3 aromatic rings. The summed E-state index contributed by atoms with van der Waals surface area (Å²) in [6, 6.07) is 12.2. The van der Waals surface area contributed by atoms with Crippen LogP contribution in [0.1, 0.15) is 92.3 Å². The highest BCUT2D eigenvalue weighted by atomic mass is 28.4. The zero-order chi connectivity index (χ0) is 38.2. The molecule has 0 saturated carbocycles. The summed E-state index contributed by atoms with van der Waals surface area (Å²) in [6.07, 6.45) is 2.10. The second kappa shape index (κ2) is 17.7. The van der Waals surface area contributed by atoms with Gasteiger partial charge in [-0.3, -0.25) is 19.2 Å². The third-order valence-corrected chi connectivity index (χ3v) is 16.0. The quantitative estimate of drug-likeness (QED) is 0.0792. The number of allylic oxidation sites excluding steroid dienone is 1. The van der Waals surface area contributed by atoms with Crippen LogP contribution < -0.4 is 15.1 Å². The molecule has 0 spiro atoms. The van der Waals surface area contributed by atoms with Crippen LogP contribution in [0, 0.1) is 5.92 Å². The number of aliphatic carboxylic acids is 1. The minimum atomic E-state index is -2.22. The summed E-state index contributed by atoms with van der Waals surface area (Å²) in [5.74, 6) is -1.98. The smallest absolute Gasteiger partial charge is 0.305 e. The van der Waals surface area contributed by atoms with Crippen LogP contribution in [-0.4, -0.2) is 66.1 Å². The maximum Gasteiger partial charge on any atom is 0.305 e. The van der Waals surface area contributed by atoms with Crippen LogP contribution in [0.2, 0.25) is 16.6 Å². The van der Waals surface area contributed by atoms with Gasteiger partial charge in [0, 0.05) is 36.5 Å². The number of likely N-dealkylation sites (N-methyl/N-ethyl adjacent to an activating group) is 1. The molecule has 0 aliphatic heterocycles. The lowest BCUT2D eigenvalue weighted by Crippen LogP contribution is -2.55. The van der Waals surface area contributed by atoms with Gasteiger partial charge in [-0.2, -0.15) is 0 Å². The summed E-state index contributed by atoms with van der Waals surface area (Å²) in [5, 5.41) is 16.5. The number of benzene rings is 2. The fourth-order valence-corrected chi connectivity index (χ4v) is 12.7. The molecular weight excluding hydrogens is 661 g/mol.